The summed E-state index contributed by atoms with van der Waals surface area (Å²) in [6.45, 7) is 7.40. The highest BCUT2D eigenvalue weighted by Gasteiger charge is 2.25. The average molecular weight is 449 g/mol. The molecule has 168 valence electrons. The maximum atomic E-state index is 5.01. The average Bonchev–Trinajstić information content (AvgIpc) is 3.11. The lowest BCUT2D eigenvalue weighted by molar-refractivity contribution is 0.216. The first-order valence-electron chi connectivity index (χ1n) is 11.2. The van der Waals surface area contributed by atoms with Crippen LogP contribution in [0.5, 0.6) is 0 Å². The molecule has 0 aliphatic carbocycles. The van der Waals surface area contributed by atoms with E-state index in [1.54, 1.807) is 11.3 Å². The van der Waals surface area contributed by atoms with Gasteiger partial charge in [0.1, 0.15) is 10.8 Å². The van der Waals surface area contributed by atoms with Crippen LogP contribution in [0.15, 0.2) is 59.7 Å². The van der Waals surface area contributed by atoms with Crippen molar-refractivity contribution in [3.05, 3.63) is 70.9 Å². The quantitative estimate of drug-likeness (QED) is 0.626. The third-order valence-corrected chi connectivity index (χ3v) is 6.60. The van der Waals surface area contributed by atoms with Crippen molar-refractivity contribution in [2.45, 2.75) is 13.3 Å². The van der Waals surface area contributed by atoms with E-state index in [0.717, 1.165) is 62.0 Å². The minimum Gasteiger partial charge on any atom is -0.353 e. The molecule has 5 rings (SSSR count). The number of nitrogens with one attached hydrogen (secondary N) is 2. The normalized spacial score (nSPS) is 15.5. The Morgan fingerprint density at radius 1 is 1.06 bits per heavy atom. The summed E-state index contributed by atoms with van der Waals surface area (Å²) in [5.74, 6) is 1.12. The summed E-state index contributed by atoms with van der Waals surface area (Å²) in [6.07, 6.45) is 2.84. The van der Waals surface area contributed by atoms with E-state index in [4.69, 9.17) is 4.99 Å². The Kier molecular flexibility index (Phi) is 7.52. The van der Waals surface area contributed by atoms with Crippen LogP contribution in [0.25, 0.3) is 0 Å². The van der Waals surface area contributed by atoms with E-state index in [-0.39, 0.29) is 0 Å². The number of para-hydroxylation sites is 2. The number of anilines is 2. The van der Waals surface area contributed by atoms with Gasteiger partial charge >= 0.3 is 0 Å². The molecule has 0 radical (unpaired) electrons. The van der Waals surface area contributed by atoms with E-state index >= 15 is 0 Å². The number of aryl methyl sites for hydroxylation is 1. The number of rotatable bonds is 3. The predicted molar refractivity (Wildman–Crippen MR) is 136 cm³/mol. The summed E-state index contributed by atoms with van der Waals surface area (Å²) in [6, 6.07) is 16.5. The van der Waals surface area contributed by atoms with Gasteiger partial charge in [-0.05, 0) is 51.4 Å². The Morgan fingerprint density at radius 2 is 1.84 bits per heavy atom. The first kappa shape index (κ1) is 22.5. The second-order valence-electron chi connectivity index (χ2n) is 8.14. The topological polar surface area (TPSA) is 55.8 Å². The molecular formula is C25H32N6S. The van der Waals surface area contributed by atoms with Crippen LogP contribution in [0.3, 0.4) is 0 Å². The van der Waals surface area contributed by atoms with Crippen molar-refractivity contribution in [3.8, 4) is 0 Å². The van der Waals surface area contributed by atoms with Crippen molar-refractivity contribution in [2.24, 2.45) is 4.99 Å². The fraction of sp³-hybridized carbons (Fsp3) is 0.360. The summed E-state index contributed by atoms with van der Waals surface area (Å²) in [4.78, 5) is 15.3. The zero-order chi connectivity index (χ0) is 22.3. The molecule has 3 aromatic rings. The van der Waals surface area contributed by atoms with Crippen LogP contribution in [0.4, 0.5) is 16.4 Å². The van der Waals surface area contributed by atoms with Crippen LogP contribution in [-0.4, -0.2) is 67.4 Å². The fourth-order valence-corrected chi connectivity index (χ4v) is 4.72. The zero-order valence-electron chi connectivity index (χ0n) is 19.1. The minimum atomic E-state index is 0.997. The van der Waals surface area contributed by atoms with E-state index in [0.29, 0.717) is 0 Å². The molecule has 1 aromatic carbocycles. The first-order valence-corrected chi connectivity index (χ1v) is 12.0. The van der Waals surface area contributed by atoms with Crippen LogP contribution in [0.1, 0.15) is 16.1 Å². The molecular weight excluding hydrogens is 416 g/mol. The highest BCUT2D eigenvalue weighted by Crippen LogP contribution is 2.39. The lowest BCUT2D eigenvalue weighted by Crippen LogP contribution is -2.47. The summed E-state index contributed by atoms with van der Waals surface area (Å²) < 4.78 is 0. The number of fused-ring (bicyclic) bond motifs is 2. The summed E-state index contributed by atoms with van der Waals surface area (Å²) in [5.41, 5.74) is 4.51. The number of hydrogen-bond acceptors (Lipinski definition) is 7. The molecule has 4 heterocycles. The Hall–Kier alpha value is -2.74. The van der Waals surface area contributed by atoms with E-state index < -0.39 is 0 Å². The molecule has 6 nitrogen and oxygen atoms in total. The number of aromatic nitrogens is 1. The van der Waals surface area contributed by atoms with Gasteiger partial charge in [-0.2, -0.15) is 0 Å². The Balaban J connectivity index is 0.000000207. The standard InChI is InChI=1S/C17H20N4S.C8H12N2/c1-12-11-13-16(21-9-7-20(2)8-10-21)18-14-5-3-4-6-15(14)19-17(13)22-12;1-9-7-5-8-4-2-3-6-10-8/h3-6,11,19H,7-10H2,1-2H3;2-4,6,9H,5,7H2,1H3. The van der Waals surface area contributed by atoms with Gasteiger partial charge in [0.05, 0.1) is 16.9 Å². The molecule has 0 bridgehead atoms. The summed E-state index contributed by atoms with van der Waals surface area (Å²) in [7, 11) is 4.13. The number of benzene rings is 1. The summed E-state index contributed by atoms with van der Waals surface area (Å²) in [5, 5.41) is 7.85. The van der Waals surface area contributed by atoms with Crippen LogP contribution in [-0.2, 0) is 6.42 Å². The highest BCUT2D eigenvalue weighted by atomic mass is 32.1. The number of hydrogen-bond donors (Lipinski definition) is 2. The maximum Gasteiger partial charge on any atom is 0.139 e. The molecule has 0 atom stereocenters. The zero-order valence-corrected chi connectivity index (χ0v) is 20.0. The van der Waals surface area contributed by atoms with Gasteiger partial charge < -0.3 is 20.4 Å². The third-order valence-electron chi connectivity index (χ3n) is 5.63. The molecule has 32 heavy (non-hydrogen) atoms. The molecule has 0 amide bonds. The highest BCUT2D eigenvalue weighted by molar-refractivity contribution is 7.16. The lowest BCUT2D eigenvalue weighted by atomic mass is 10.2. The van der Waals surface area contributed by atoms with Crippen molar-refractivity contribution in [2.75, 3.05) is 52.1 Å². The van der Waals surface area contributed by atoms with Crippen LogP contribution in [0, 0.1) is 6.92 Å². The lowest BCUT2D eigenvalue weighted by Gasteiger charge is -2.34. The largest absolute Gasteiger partial charge is 0.353 e. The van der Waals surface area contributed by atoms with Gasteiger partial charge in [0.25, 0.3) is 0 Å². The smallest absolute Gasteiger partial charge is 0.139 e. The molecule has 7 heteroatoms. The van der Waals surface area contributed by atoms with Crippen molar-refractivity contribution in [3.63, 3.8) is 0 Å². The maximum absolute atomic E-state index is 5.01. The van der Waals surface area contributed by atoms with Crippen LogP contribution in [0.2, 0.25) is 0 Å². The van der Waals surface area contributed by atoms with Gasteiger partial charge in [-0.25, -0.2) is 4.99 Å². The molecule has 2 N–H and O–H groups in total. The van der Waals surface area contributed by atoms with Gasteiger partial charge in [-0.1, -0.05) is 18.2 Å². The van der Waals surface area contributed by atoms with E-state index in [2.05, 4.69) is 69.7 Å². The molecule has 1 saturated heterocycles. The fourth-order valence-electron chi connectivity index (χ4n) is 3.81. The van der Waals surface area contributed by atoms with Crippen molar-refractivity contribution < 1.29 is 0 Å². The predicted octanol–water partition coefficient (Wildman–Crippen LogP) is 4.28. The van der Waals surface area contributed by atoms with Crippen molar-refractivity contribution in [1.82, 2.24) is 20.1 Å². The van der Waals surface area contributed by atoms with Crippen LogP contribution < -0.4 is 10.6 Å². The molecule has 0 spiro atoms. The molecule has 0 unspecified atom stereocenters. The second-order valence-corrected chi connectivity index (χ2v) is 9.40. The Labute approximate surface area is 195 Å². The van der Waals surface area contributed by atoms with Gasteiger partial charge in [-0.15, -0.1) is 11.3 Å². The number of pyridine rings is 1. The first-order chi connectivity index (χ1) is 15.6. The summed E-state index contributed by atoms with van der Waals surface area (Å²) >= 11 is 1.81. The van der Waals surface area contributed by atoms with Gasteiger partial charge in [0.2, 0.25) is 0 Å². The number of nitrogens with zero attached hydrogens (tertiary/aromatic N) is 4. The number of likely N-dealkylation sites (N-methyl/N-ethyl adjacent to an activating group) is 2. The molecule has 2 aromatic heterocycles. The monoisotopic (exact) mass is 448 g/mol. The minimum absolute atomic E-state index is 0.997. The van der Waals surface area contributed by atoms with Gasteiger partial charge in [-0.3, -0.25) is 4.98 Å². The van der Waals surface area contributed by atoms with Gasteiger partial charge in [0.15, 0.2) is 0 Å². The molecule has 1 fully saturated rings. The molecule has 2 aliphatic heterocycles. The van der Waals surface area contributed by atoms with E-state index in [1.807, 2.05) is 31.4 Å². The Bertz CT molecular complexity index is 1040. The number of piperazine rings is 1. The second kappa shape index (κ2) is 10.7. The van der Waals surface area contributed by atoms with E-state index in [9.17, 15) is 0 Å². The number of aliphatic imine (C=N–C) groups is 1. The molecule has 0 saturated carbocycles. The third kappa shape index (κ3) is 5.54. The number of amidine groups is 1. The van der Waals surface area contributed by atoms with Gasteiger partial charge in [0, 0.05) is 55.9 Å². The SMILES string of the molecule is CNCCc1ccccn1.Cc1cc2c(s1)Nc1ccccc1N=C2N1CCN(C)CC1. The Morgan fingerprint density at radius 3 is 2.59 bits per heavy atom. The van der Waals surface area contributed by atoms with Crippen molar-refractivity contribution in [1.29, 1.82) is 0 Å². The molecule has 2 aliphatic rings. The van der Waals surface area contributed by atoms with Crippen LogP contribution >= 0.6 is 11.3 Å². The van der Waals surface area contributed by atoms with Crippen molar-refractivity contribution >= 4 is 33.5 Å². The van der Waals surface area contributed by atoms with E-state index in [1.165, 1.54) is 15.4 Å². The number of thiophene rings is 1.